The van der Waals surface area contributed by atoms with E-state index in [1.54, 1.807) is 24.6 Å². The average Bonchev–Trinajstić information content (AvgIpc) is 2.92. The van der Waals surface area contributed by atoms with E-state index in [-0.39, 0.29) is 0 Å². The summed E-state index contributed by atoms with van der Waals surface area (Å²) in [7, 11) is 1.70. The molecule has 0 fully saturated rings. The van der Waals surface area contributed by atoms with E-state index in [1.807, 2.05) is 4.40 Å². The van der Waals surface area contributed by atoms with Crippen LogP contribution in [0.1, 0.15) is 11.1 Å². The highest BCUT2D eigenvalue weighted by Gasteiger charge is 2.15. The van der Waals surface area contributed by atoms with E-state index in [0.717, 1.165) is 27.4 Å². The number of thiazole rings is 1. The van der Waals surface area contributed by atoms with E-state index in [1.165, 1.54) is 5.56 Å². The summed E-state index contributed by atoms with van der Waals surface area (Å²) in [6.45, 7) is 4.13. The van der Waals surface area contributed by atoms with E-state index < -0.39 is 0 Å². The number of rotatable bonds is 2. The number of ether oxygens (including phenoxy) is 1. The van der Waals surface area contributed by atoms with Gasteiger partial charge in [0.25, 0.3) is 0 Å². The van der Waals surface area contributed by atoms with E-state index >= 15 is 0 Å². The molecule has 2 aromatic heterocycles. The van der Waals surface area contributed by atoms with Crippen molar-refractivity contribution in [2.24, 2.45) is 0 Å². The zero-order valence-electron chi connectivity index (χ0n) is 11.1. The van der Waals surface area contributed by atoms with Gasteiger partial charge in [0.05, 0.1) is 19.0 Å². The number of nitrogens with zero attached hydrogens (tertiary/aromatic N) is 2. The van der Waals surface area contributed by atoms with Crippen LogP contribution >= 0.6 is 11.3 Å². The van der Waals surface area contributed by atoms with Crippen molar-refractivity contribution in [3.05, 3.63) is 34.8 Å². The van der Waals surface area contributed by atoms with Crippen LogP contribution in [0.3, 0.4) is 0 Å². The number of nitrogen functional groups attached to an aromatic ring is 1. The van der Waals surface area contributed by atoms with Gasteiger partial charge in [0.1, 0.15) is 10.6 Å². The first-order valence-corrected chi connectivity index (χ1v) is 6.86. The number of hydrogen-bond donors (Lipinski definition) is 1. The number of aromatic nitrogens is 2. The second-order valence-electron chi connectivity index (χ2n) is 4.57. The van der Waals surface area contributed by atoms with E-state index in [2.05, 4.69) is 36.3 Å². The molecule has 4 nitrogen and oxygen atoms in total. The second kappa shape index (κ2) is 4.28. The first-order chi connectivity index (χ1) is 9.11. The number of methoxy groups -OCH3 is 1. The molecule has 3 aromatic rings. The van der Waals surface area contributed by atoms with E-state index in [0.29, 0.717) is 5.95 Å². The van der Waals surface area contributed by atoms with Crippen LogP contribution < -0.4 is 10.5 Å². The lowest BCUT2D eigenvalue weighted by atomic mass is 10.0. The Morgan fingerprint density at radius 1 is 1.32 bits per heavy atom. The third-order valence-electron chi connectivity index (χ3n) is 3.19. The molecule has 0 radical (unpaired) electrons. The Hall–Kier alpha value is -2.01. The maximum absolute atomic E-state index is 5.94. The molecule has 3 rings (SSSR count). The summed E-state index contributed by atoms with van der Waals surface area (Å²) in [6.07, 6.45) is 1.79. The van der Waals surface area contributed by atoms with E-state index in [9.17, 15) is 0 Å². The fourth-order valence-electron chi connectivity index (χ4n) is 2.44. The highest BCUT2D eigenvalue weighted by Crippen LogP contribution is 2.37. The zero-order valence-corrected chi connectivity index (χ0v) is 11.9. The number of hydrogen-bond acceptors (Lipinski definition) is 4. The van der Waals surface area contributed by atoms with Crippen molar-refractivity contribution in [3.63, 3.8) is 0 Å². The predicted molar refractivity (Wildman–Crippen MR) is 78.9 cm³/mol. The molecule has 0 amide bonds. The smallest absolute Gasteiger partial charge is 0.206 e. The summed E-state index contributed by atoms with van der Waals surface area (Å²) in [4.78, 5) is 5.19. The molecule has 0 unspecified atom stereocenters. The topological polar surface area (TPSA) is 52.5 Å². The quantitative estimate of drug-likeness (QED) is 0.779. The fourth-order valence-corrected chi connectivity index (χ4v) is 3.32. The Labute approximate surface area is 115 Å². The highest BCUT2D eigenvalue weighted by molar-refractivity contribution is 7.16. The van der Waals surface area contributed by atoms with Gasteiger partial charge in [-0.3, -0.25) is 4.40 Å². The van der Waals surface area contributed by atoms with Crippen LogP contribution in [0.5, 0.6) is 5.75 Å². The number of nitrogens with two attached hydrogens (primary N) is 1. The minimum atomic E-state index is 0.507. The van der Waals surface area contributed by atoms with Gasteiger partial charge in [0.2, 0.25) is 5.95 Å². The lowest BCUT2D eigenvalue weighted by molar-refractivity contribution is 0.413. The molecule has 0 aliphatic carbocycles. The van der Waals surface area contributed by atoms with Crippen LogP contribution in [-0.4, -0.2) is 16.5 Å². The van der Waals surface area contributed by atoms with Crippen LogP contribution in [0.4, 0.5) is 5.95 Å². The molecule has 19 heavy (non-hydrogen) atoms. The minimum absolute atomic E-state index is 0.507. The van der Waals surface area contributed by atoms with Gasteiger partial charge < -0.3 is 10.5 Å². The summed E-state index contributed by atoms with van der Waals surface area (Å²) in [5.74, 6) is 1.39. The first kappa shape index (κ1) is 12.0. The SMILES string of the molecule is COc1c(C)cc(C)cc1-c1csc2cnc(N)n12. The summed E-state index contributed by atoms with van der Waals surface area (Å²) >= 11 is 1.63. The van der Waals surface area contributed by atoms with E-state index in [4.69, 9.17) is 10.5 Å². The Kier molecular flexibility index (Phi) is 2.71. The molecular formula is C14H15N3OS. The van der Waals surface area contributed by atoms with Crippen molar-refractivity contribution >= 4 is 22.1 Å². The monoisotopic (exact) mass is 273 g/mol. The number of imidazole rings is 1. The summed E-state index contributed by atoms with van der Waals surface area (Å²) in [5.41, 5.74) is 10.3. The van der Waals surface area contributed by atoms with Gasteiger partial charge in [-0.05, 0) is 31.0 Å². The second-order valence-corrected chi connectivity index (χ2v) is 5.46. The molecule has 0 bridgehead atoms. The molecule has 2 heterocycles. The molecule has 0 atom stereocenters. The summed E-state index contributed by atoms with van der Waals surface area (Å²) < 4.78 is 7.51. The Morgan fingerprint density at radius 3 is 2.84 bits per heavy atom. The summed E-state index contributed by atoms with van der Waals surface area (Å²) in [5, 5.41) is 2.09. The van der Waals surface area contributed by atoms with Gasteiger partial charge in [-0.2, -0.15) is 0 Å². The van der Waals surface area contributed by atoms with Crippen molar-refractivity contribution in [3.8, 4) is 17.0 Å². The Balaban J connectivity index is 2.35. The maximum Gasteiger partial charge on any atom is 0.206 e. The fraction of sp³-hybridized carbons (Fsp3) is 0.214. The molecule has 0 aliphatic rings. The number of aryl methyl sites for hydroxylation is 2. The van der Waals surface area contributed by atoms with Crippen LogP contribution in [0, 0.1) is 13.8 Å². The third kappa shape index (κ3) is 1.77. The minimum Gasteiger partial charge on any atom is -0.496 e. The molecule has 0 saturated heterocycles. The zero-order chi connectivity index (χ0) is 13.6. The van der Waals surface area contributed by atoms with Crippen molar-refractivity contribution in [1.29, 1.82) is 0 Å². The average molecular weight is 273 g/mol. The normalized spacial score (nSPS) is 11.1. The van der Waals surface area contributed by atoms with Crippen LogP contribution in [-0.2, 0) is 0 Å². The molecule has 98 valence electrons. The Morgan fingerprint density at radius 2 is 2.11 bits per heavy atom. The molecule has 2 N–H and O–H groups in total. The molecule has 1 aromatic carbocycles. The van der Waals surface area contributed by atoms with Gasteiger partial charge in [-0.15, -0.1) is 11.3 Å². The van der Waals surface area contributed by atoms with Crippen LogP contribution in [0.25, 0.3) is 16.1 Å². The van der Waals surface area contributed by atoms with Crippen LogP contribution in [0.15, 0.2) is 23.7 Å². The molecule has 0 saturated carbocycles. The third-order valence-corrected chi connectivity index (χ3v) is 4.06. The highest BCUT2D eigenvalue weighted by atomic mass is 32.1. The predicted octanol–water partition coefficient (Wildman–Crippen LogP) is 3.27. The van der Waals surface area contributed by atoms with Gasteiger partial charge in [-0.25, -0.2) is 4.98 Å². The molecule has 0 spiro atoms. The van der Waals surface area contributed by atoms with Crippen molar-refractivity contribution in [1.82, 2.24) is 9.38 Å². The molecular weight excluding hydrogens is 258 g/mol. The molecule has 0 aliphatic heterocycles. The van der Waals surface area contributed by atoms with Gasteiger partial charge >= 0.3 is 0 Å². The first-order valence-electron chi connectivity index (χ1n) is 5.98. The number of fused-ring (bicyclic) bond motifs is 1. The summed E-state index contributed by atoms with van der Waals surface area (Å²) in [6, 6.07) is 4.23. The van der Waals surface area contributed by atoms with Gasteiger partial charge in [0, 0.05) is 10.9 Å². The van der Waals surface area contributed by atoms with Crippen LogP contribution in [0.2, 0.25) is 0 Å². The van der Waals surface area contributed by atoms with Gasteiger partial charge in [-0.1, -0.05) is 6.07 Å². The maximum atomic E-state index is 5.94. The largest absolute Gasteiger partial charge is 0.496 e. The lowest BCUT2D eigenvalue weighted by Crippen LogP contribution is -1.98. The Bertz CT molecular complexity index is 757. The number of benzene rings is 1. The van der Waals surface area contributed by atoms with Crippen molar-refractivity contribution in [2.45, 2.75) is 13.8 Å². The van der Waals surface area contributed by atoms with Crippen molar-refractivity contribution < 1.29 is 4.74 Å². The van der Waals surface area contributed by atoms with Crippen molar-refractivity contribution in [2.75, 3.05) is 12.8 Å². The lowest BCUT2D eigenvalue weighted by Gasteiger charge is -2.12. The standard InChI is InChI=1S/C14H15N3OS/c1-8-4-9(2)13(18-3)10(5-8)11-7-19-12-6-16-14(15)17(11)12/h4-7H,1-3H3,(H2,15,16). The van der Waals surface area contributed by atoms with Gasteiger partial charge in [0.15, 0.2) is 0 Å². The molecule has 5 heteroatoms. The number of anilines is 1.